The van der Waals surface area contributed by atoms with Gasteiger partial charge in [-0.2, -0.15) is 0 Å². The SMILES string of the molecule is CCC(CC)C(O)C(O)CC1CC2CCC1C2. The predicted molar refractivity (Wildman–Crippen MR) is 69.6 cm³/mol. The van der Waals surface area contributed by atoms with Crippen molar-refractivity contribution < 1.29 is 10.2 Å². The summed E-state index contributed by atoms with van der Waals surface area (Å²) in [7, 11) is 0. The largest absolute Gasteiger partial charge is 0.390 e. The third-order valence-electron chi connectivity index (χ3n) is 5.35. The molecule has 5 unspecified atom stereocenters. The molecule has 2 N–H and O–H groups in total. The summed E-state index contributed by atoms with van der Waals surface area (Å²) in [5.41, 5.74) is 0. The van der Waals surface area contributed by atoms with Gasteiger partial charge >= 0.3 is 0 Å². The Balaban J connectivity index is 1.82. The molecule has 0 aromatic carbocycles. The van der Waals surface area contributed by atoms with E-state index in [1.54, 1.807) is 0 Å². The molecule has 2 fully saturated rings. The fourth-order valence-electron chi connectivity index (χ4n) is 4.20. The van der Waals surface area contributed by atoms with Gasteiger partial charge in [0, 0.05) is 0 Å². The van der Waals surface area contributed by atoms with Gasteiger partial charge in [-0.3, -0.25) is 0 Å². The number of aliphatic hydroxyl groups is 2. The molecule has 17 heavy (non-hydrogen) atoms. The number of hydrogen-bond acceptors (Lipinski definition) is 2. The fraction of sp³-hybridized carbons (Fsp3) is 1.00. The van der Waals surface area contributed by atoms with Crippen LogP contribution in [-0.4, -0.2) is 22.4 Å². The highest BCUT2D eigenvalue weighted by Gasteiger charge is 2.41. The molecule has 2 nitrogen and oxygen atoms in total. The van der Waals surface area contributed by atoms with Crippen LogP contribution in [0, 0.1) is 23.7 Å². The van der Waals surface area contributed by atoms with Crippen molar-refractivity contribution in [3.05, 3.63) is 0 Å². The van der Waals surface area contributed by atoms with Gasteiger partial charge in [-0.1, -0.05) is 33.1 Å². The molecule has 2 aliphatic carbocycles. The van der Waals surface area contributed by atoms with Gasteiger partial charge < -0.3 is 10.2 Å². The lowest BCUT2D eigenvalue weighted by Crippen LogP contribution is -2.35. The maximum absolute atomic E-state index is 10.2. The molecular weight excluding hydrogens is 212 g/mol. The molecule has 0 aromatic heterocycles. The van der Waals surface area contributed by atoms with Crippen LogP contribution in [0.15, 0.2) is 0 Å². The Hall–Kier alpha value is -0.0800. The van der Waals surface area contributed by atoms with Crippen molar-refractivity contribution in [1.29, 1.82) is 0 Å². The quantitative estimate of drug-likeness (QED) is 0.749. The second-order valence-corrected chi connectivity index (χ2v) is 6.31. The van der Waals surface area contributed by atoms with E-state index < -0.39 is 12.2 Å². The van der Waals surface area contributed by atoms with Gasteiger partial charge in [0.05, 0.1) is 12.2 Å². The summed E-state index contributed by atoms with van der Waals surface area (Å²) in [6, 6.07) is 0. The van der Waals surface area contributed by atoms with Crippen LogP contribution in [0.1, 0.15) is 58.8 Å². The van der Waals surface area contributed by atoms with Crippen molar-refractivity contribution >= 4 is 0 Å². The first-order valence-electron chi connectivity index (χ1n) is 7.51. The average Bonchev–Trinajstić information content (AvgIpc) is 2.92. The fourth-order valence-corrected chi connectivity index (χ4v) is 4.20. The van der Waals surface area contributed by atoms with E-state index in [2.05, 4.69) is 13.8 Å². The second-order valence-electron chi connectivity index (χ2n) is 6.31. The lowest BCUT2D eigenvalue weighted by atomic mass is 9.81. The summed E-state index contributed by atoms with van der Waals surface area (Å²) < 4.78 is 0. The Morgan fingerprint density at radius 1 is 1.06 bits per heavy atom. The van der Waals surface area contributed by atoms with Crippen LogP contribution < -0.4 is 0 Å². The highest BCUT2D eigenvalue weighted by molar-refractivity contribution is 4.92. The number of fused-ring (bicyclic) bond motifs is 2. The van der Waals surface area contributed by atoms with Crippen molar-refractivity contribution in [3.63, 3.8) is 0 Å². The van der Waals surface area contributed by atoms with E-state index in [4.69, 9.17) is 0 Å². The Kier molecular flexibility index (Phi) is 4.48. The summed E-state index contributed by atoms with van der Waals surface area (Å²) in [5.74, 6) is 2.74. The van der Waals surface area contributed by atoms with E-state index in [1.165, 1.54) is 25.7 Å². The first kappa shape index (κ1) is 13.4. The van der Waals surface area contributed by atoms with Crippen LogP contribution in [0.25, 0.3) is 0 Å². The van der Waals surface area contributed by atoms with E-state index in [-0.39, 0.29) is 5.92 Å². The van der Waals surface area contributed by atoms with Crippen LogP contribution >= 0.6 is 0 Å². The molecule has 0 radical (unpaired) electrons. The number of hydrogen-bond donors (Lipinski definition) is 2. The van der Waals surface area contributed by atoms with Gasteiger partial charge in [-0.15, -0.1) is 0 Å². The monoisotopic (exact) mass is 240 g/mol. The molecule has 2 rings (SSSR count). The summed E-state index contributed by atoms with van der Waals surface area (Å²) in [5, 5.41) is 20.3. The zero-order valence-corrected chi connectivity index (χ0v) is 11.3. The minimum atomic E-state index is -0.510. The zero-order valence-electron chi connectivity index (χ0n) is 11.3. The molecule has 2 aliphatic rings. The van der Waals surface area contributed by atoms with E-state index >= 15 is 0 Å². The minimum absolute atomic E-state index is 0.267. The molecule has 2 bridgehead atoms. The van der Waals surface area contributed by atoms with Crippen molar-refractivity contribution in [2.45, 2.75) is 71.0 Å². The second kappa shape index (κ2) is 5.71. The van der Waals surface area contributed by atoms with Crippen LogP contribution in [0.3, 0.4) is 0 Å². The lowest BCUT2D eigenvalue weighted by molar-refractivity contribution is -0.0342. The highest BCUT2D eigenvalue weighted by atomic mass is 16.3. The minimum Gasteiger partial charge on any atom is -0.390 e. The Labute approximate surface area is 105 Å². The topological polar surface area (TPSA) is 40.5 Å². The Bertz CT molecular complexity index is 237. The zero-order chi connectivity index (χ0) is 12.4. The Morgan fingerprint density at radius 3 is 2.24 bits per heavy atom. The molecule has 0 amide bonds. The molecule has 0 spiro atoms. The van der Waals surface area contributed by atoms with Crippen LogP contribution in [-0.2, 0) is 0 Å². The summed E-state index contributed by atoms with van der Waals surface area (Å²) >= 11 is 0. The third kappa shape index (κ3) is 2.85. The molecule has 0 saturated heterocycles. The van der Waals surface area contributed by atoms with Crippen molar-refractivity contribution in [3.8, 4) is 0 Å². The predicted octanol–water partition coefficient (Wildman–Crippen LogP) is 2.97. The van der Waals surface area contributed by atoms with Gasteiger partial charge in [0.15, 0.2) is 0 Å². The standard InChI is InChI=1S/C15H28O2/c1-3-11(4-2)15(17)14(16)9-13-8-10-5-6-12(13)7-10/h10-17H,3-9H2,1-2H3. The summed E-state index contributed by atoms with van der Waals surface area (Å²) in [4.78, 5) is 0. The smallest absolute Gasteiger partial charge is 0.0827 e. The molecule has 2 saturated carbocycles. The van der Waals surface area contributed by atoms with Gasteiger partial charge in [0.1, 0.15) is 0 Å². The lowest BCUT2D eigenvalue weighted by Gasteiger charge is -2.29. The van der Waals surface area contributed by atoms with Gasteiger partial charge in [0.25, 0.3) is 0 Å². The van der Waals surface area contributed by atoms with Crippen molar-refractivity contribution in [1.82, 2.24) is 0 Å². The summed E-state index contributed by atoms with van der Waals surface area (Å²) in [6.45, 7) is 4.20. The molecule has 0 heterocycles. The maximum atomic E-state index is 10.2. The van der Waals surface area contributed by atoms with E-state index in [0.29, 0.717) is 5.92 Å². The number of rotatable bonds is 6. The average molecular weight is 240 g/mol. The molecule has 100 valence electrons. The normalized spacial score (nSPS) is 35.5. The highest BCUT2D eigenvalue weighted by Crippen LogP contribution is 2.50. The first-order valence-corrected chi connectivity index (χ1v) is 7.51. The van der Waals surface area contributed by atoms with Gasteiger partial charge in [-0.05, 0) is 49.4 Å². The number of aliphatic hydroxyl groups excluding tert-OH is 2. The third-order valence-corrected chi connectivity index (χ3v) is 5.35. The van der Waals surface area contributed by atoms with E-state index in [0.717, 1.165) is 31.1 Å². The maximum Gasteiger partial charge on any atom is 0.0827 e. The van der Waals surface area contributed by atoms with Gasteiger partial charge in [-0.25, -0.2) is 0 Å². The Morgan fingerprint density at radius 2 is 1.76 bits per heavy atom. The molecule has 2 heteroatoms. The van der Waals surface area contributed by atoms with Crippen LogP contribution in [0.4, 0.5) is 0 Å². The molecule has 0 aromatic rings. The van der Waals surface area contributed by atoms with Gasteiger partial charge in [0.2, 0.25) is 0 Å². The van der Waals surface area contributed by atoms with E-state index in [9.17, 15) is 10.2 Å². The molecule has 5 atom stereocenters. The summed E-state index contributed by atoms with van der Waals surface area (Å²) in [6.07, 6.45) is 7.22. The van der Waals surface area contributed by atoms with Crippen LogP contribution in [0.5, 0.6) is 0 Å². The molecule has 0 aliphatic heterocycles. The van der Waals surface area contributed by atoms with Crippen molar-refractivity contribution in [2.24, 2.45) is 23.7 Å². The first-order chi connectivity index (χ1) is 8.15. The van der Waals surface area contributed by atoms with Crippen LogP contribution in [0.2, 0.25) is 0 Å². The molecular formula is C15H28O2. The van der Waals surface area contributed by atoms with E-state index in [1.807, 2.05) is 0 Å². The van der Waals surface area contributed by atoms with Crippen molar-refractivity contribution in [2.75, 3.05) is 0 Å².